The summed E-state index contributed by atoms with van der Waals surface area (Å²) in [6.45, 7) is 2.45. The van der Waals surface area contributed by atoms with E-state index in [1.165, 1.54) is 0 Å². The van der Waals surface area contributed by atoms with Crippen molar-refractivity contribution in [1.82, 2.24) is 15.5 Å². The van der Waals surface area contributed by atoms with Crippen LogP contribution < -0.4 is 5.32 Å². The molecule has 2 rings (SSSR count). The molecule has 1 aromatic carbocycles. The number of nitrogens with zero attached hydrogens (tertiary/aromatic N) is 2. The standard InChI is InChI=1S/C12H12BrN3O2/c1-2-14-10(17)7-11-15-12(16-18-11)8-4-3-5-9(13)6-8/h3-6H,2,7H2,1H3,(H,14,17). The van der Waals surface area contributed by atoms with E-state index in [0.717, 1.165) is 10.0 Å². The first kappa shape index (κ1) is 12.8. The summed E-state index contributed by atoms with van der Waals surface area (Å²) in [6.07, 6.45) is 0.106. The molecule has 94 valence electrons. The molecule has 0 radical (unpaired) electrons. The summed E-state index contributed by atoms with van der Waals surface area (Å²) in [6, 6.07) is 7.57. The van der Waals surface area contributed by atoms with Crippen molar-refractivity contribution in [3.8, 4) is 11.4 Å². The molecule has 0 atom stereocenters. The SMILES string of the molecule is CCNC(=O)Cc1nc(-c2cccc(Br)c2)no1. The molecule has 0 aliphatic rings. The van der Waals surface area contributed by atoms with Crippen molar-refractivity contribution in [3.63, 3.8) is 0 Å². The zero-order chi connectivity index (χ0) is 13.0. The van der Waals surface area contributed by atoms with Gasteiger partial charge in [0.15, 0.2) is 0 Å². The third-order valence-corrected chi connectivity index (χ3v) is 2.73. The average Bonchev–Trinajstić information content (AvgIpc) is 2.78. The second-order valence-corrected chi connectivity index (χ2v) is 4.57. The van der Waals surface area contributed by atoms with Crippen LogP contribution in [0, 0.1) is 0 Å². The normalized spacial score (nSPS) is 10.3. The third-order valence-electron chi connectivity index (χ3n) is 2.24. The van der Waals surface area contributed by atoms with Crippen molar-refractivity contribution in [2.75, 3.05) is 6.54 Å². The molecule has 0 spiro atoms. The van der Waals surface area contributed by atoms with Crippen molar-refractivity contribution < 1.29 is 9.32 Å². The lowest BCUT2D eigenvalue weighted by Crippen LogP contribution is -2.24. The highest BCUT2D eigenvalue weighted by Gasteiger charge is 2.11. The second kappa shape index (κ2) is 5.77. The fraction of sp³-hybridized carbons (Fsp3) is 0.250. The summed E-state index contributed by atoms with van der Waals surface area (Å²) >= 11 is 3.38. The number of rotatable bonds is 4. The summed E-state index contributed by atoms with van der Waals surface area (Å²) in [5.74, 6) is 0.675. The minimum Gasteiger partial charge on any atom is -0.356 e. The molecule has 1 N–H and O–H groups in total. The molecule has 0 saturated heterocycles. The van der Waals surface area contributed by atoms with Crippen molar-refractivity contribution in [2.45, 2.75) is 13.3 Å². The van der Waals surface area contributed by atoms with Gasteiger partial charge in [0.05, 0.1) is 0 Å². The van der Waals surface area contributed by atoms with Crippen molar-refractivity contribution in [3.05, 3.63) is 34.6 Å². The number of hydrogen-bond donors (Lipinski definition) is 1. The van der Waals surface area contributed by atoms with E-state index in [1.54, 1.807) is 0 Å². The van der Waals surface area contributed by atoms with E-state index in [9.17, 15) is 4.79 Å². The largest absolute Gasteiger partial charge is 0.356 e. The van der Waals surface area contributed by atoms with Crippen LogP contribution in [0.1, 0.15) is 12.8 Å². The van der Waals surface area contributed by atoms with E-state index < -0.39 is 0 Å². The molecular formula is C12H12BrN3O2. The summed E-state index contributed by atoms with van der Waals surface area (Å²) in [5, 5.41) is 6.53. The molecule has 1 aromatic heterocycles. The Hall–Kier alpha value is -1.69. The first-order valence-electron chi connectivity index (χ1n) is 5.54. The predicted octanol–water partition coefficient (Wildman–Crippen LogP) is 2.18. The lowest BCUT2D eigenvalue weighted by molar-refractivity contribution is -0.120. The van der Waals surface area contributed by atoms with Crippen molar-refractivity contribution in [1.29, 1.82) is 0 Å². The van der Waals surface area contributed by atoms with Gasteiger partial charge in [-0.3, -0.25) is 4.79 Å². The number of aromatic nitrogens is 2. The molecule has 2 aromatic rings. The van der Waals surface area contributed by atoms with E-state index in [2.05, 4.69) is 31.4 Å². The molecule has 5 nitrogen and oxygen atoms in total. The number of amides is 1. The Balaban J connectivity index is 2.13. The molecule has 0 bridgehead atoms. The molecule has 1 amide bonds. The Morgan fingerprint density at radius 2 is 2.33 bits per heavy atom. The predicted molar refractivity (Wildman–Crippen MR) is 69.8 cm³/mol. The fourth-order valence-corrected chi connectivity index (χ4v) is 1.87. The molecule has 0 aliphatic heterocycles. The number of hydrogen-bond acceptors (Lipinski definition) is 4. The maximum absolute atomic E-state index is 11.4. The molecule has 0 aliphatic carbocycles. The minimum absolute atomic E-state index is 0.106. The van der Waals surface area contributed by atoms with Crippen LogP contribution >= 0.6 is 15.9 Å². The maximum atomic E-state index is 11.4. The van der Waals surface area contributed by atoms with Gasteiger partial charge >= 0.3 is 0 Å². The molecule has 0 saturated carbocycles. The van der Waals surface area contributed by atoms with E-state index in [4.69, 9.17) is 4.52 Å². The Bertz CT molecular complexity index is 554. The number of carbonyl (C=O) groups is 1. The van der Waals surface area contributed by atoms with Crippen LogP contribution in [0.4, 0.5) is 0 Å². The second-order valence-electron chi connectivity index (χ2n) is 3.65. The van der Waals surface area contributed by atoms with E-state index in [1.807, 2.05) is 31.2 Å². The number of carbonyl (C=O) groups excluding carboxylic acids is 1. The van der Waals surface area contributed by atoms with Crippen LogP contribution in [0.2, 0.25) is 0 Å². The van der Waals surface area contributed by atoms with Gasteiger partial charge in [0.2, 0.25) is 17.6 Å². The monoisotopic (exact) mass is 309 g/mol. The number of halogens is 1. The van der Waals surface area contributed by atoms with Crippen LogP contribution in [-0.2, 0) is 11.2 Å². The highest BCUT2D eigenvalue weighted by molar-refractivity contribution is 9.10. The number of likely N-dealkylation sites (N-methyl/N-ethyl adjacent to an activating group) is 1. The zero-order valence-electron chi connectivity index (χ0n) is 9.81. The van der Waals surface area contributed by atoms with Crippen LogP contribution in [0.25, 0.3) is 11.4 Å². The lowest BCUT2D eigenvalue weighted by atomic mass is 10.2. The summed E-state index contributed by atoms with van der Waals surface area (Å²) in [5.41, 5.74) is 0.843. The van der Waals surface area contributed by atoms with Crippen LogP contribution in [0.15, 0.2) is 33.3 Å². The Morgan fingerprint density at radius 3 is 3.06 bits per heavy atom. The summed E-state index contributed by atoms with van der Waals surface area (Å²) < 4.78 is 5.98. The Morgan fingerprint density at radius 1 is 1.50 bits per heavy atom. The van der Waals surface area contributed by atoms with Crippen molar-refractivity contribution in [2.24, 2.45) is 0 Å². The third kappa shape index (κ3) is 3.16. The van der Waals surface area contributed by atoms with Gasteiger partial charge in [-0.25, -0.2) is 0 Å². The molecule has 0 unspecified atom stereocenters. The van der Waals surface area contributed by atoms with Gasteiger partial charge in [0.25, 0.3) is 0 Å². The van der Waals surface area contributed by atoms with Gasteiger partial charge in [-0.05, 0) is 19.1 Å². The molecule has 1 heterocycles. The minimum atomic E-state index is -0.123. The van der Waals surface area contributed by atoms with E-state index >= 15 is 0 Å². The van der Waals surface area contributed by atoms with Crippen LogP contribution in [-0.4, -0.2) is 22.6 Å². The smallest absolute Gasteiger partial charge is 0.236 e. The molecule has 0 fully saturated rings. The van der Waals surface area contributed by atoms with E-state index in [-0.39, 0.29) is 12.3 Å². The molecule has 18 heavy (non-hydrogen) atoms. The van der Waals surface area contributed by atoms with Crippen LogP contribution in [0.3, 0.4) is 0 Å². The fourth-order valence-electron chi connectivity index (χ4n) is 1.47. The van der Waals surface area contributed by atoms with Gasteiger partial charge in [0, 0.05) is 16.6 Å². The van der Waals surface area contributed by atoms with Gasteiger partial charge in [0.1, 0.15) is 6.42 Å². The Labute approximate surface area is 113 Å². The quantitative estimate of drug-likeness (QED) is 0.940. The van der Waals surface area contributed by atoms with Gasteiger partial charge in [-0.15, -0.1) is 0 Å². The zero-order valence-corrected chi connectivity index (χ0v) is 11.4. The van der Waals surface area contributed by atoms with Gasteiger partial charge in [-0.2, -0.15) is 4.98 Å². The molecular weight excluding hydrogens is 298 g/mol. The highest BCUT2D eigenvalue weighted by atomic mass is 79.9. The number of nitrogens with one attached hydrogen (secondary N) is 1. The van der Waals surface area contributed by atoms with Crippen molar-refractivity contribution >= 4 is 21.8 Å². The van der Waals surface area contributed by atoms with Gasteiger partial charge in [-0.1, -0.05) is 33.2 Å². The average molecular weight is 310 g/mol. The summed E-state index contributed by atoms with van der Waals surface area (Å²) in [7, 11) is 0. The van der Waals surface area contributed by atoms with Crippen LogP contribution in [0.5, 0.6) is 0 Å². The number of benzene rings is 1. The topological polar surface area (TPSA) is 68.0 Å². The Kier molecular flexibility index (Phi) is 4.09. The summed E-state index contributed by atoms with van der Waals surface area (Å²) in [4.78, 5) is 15.6. The van der Waals surface area contributed by atoms with E-state index in [0.29, 0.717) is 18.3 Å². The molecule has 6 heteroatoms. The maximum Gasteiger partial charge on any atom is 0.236 e. The van der Waals surface area contributed by atoms with Gasteiger partial charge < -0.3 is 9.84 Å². The first-order chi connectivity index (χ1) is 8.69. The first-order valence-corrected chi connectivity index (χ1v) is 6.33. The lowest BCUT2D eigenvalue weighted by Gasteiger charge is -1.96. The highest BCUT2D eigenvalue weighted by Crippen LogP contribution is 2.20.